The van der Waals surface area contributed by atoms with Crippen molar-refractivity contribution in [3.8, 4) is 0 Å². The van der Waals surface area contributed by atoms with Gasteiger partial charge in [-0.1, -0.05) is 0 Å². The minimum atomic E-state index is -4.89. The molecule has 8 heteroatoms. The molecule has 0 aromatic carbocycles. The van der Waals surface area contributed by atoms with E-state index in [4.69, 9.17) is 0 Å². The molecule has 0 fully saturated rings. The monoisotopic (exact) mass is 230 g/mol. The van der Waals surface area contributed by atoms with Crippen molar-refractivity contribution in [2.24, 2.45) is 0 Å². The van der Waals surface area contributed by atoms with Crippen LogP contribution in [0.2, 0.25) is 0 Å². The molecule has 86 valence electrons. The maximum absolute atomic E-state index is 11.0. The van der Waals surface area contributed by atoms with Crippen LogP contribution in [0.4, 0.5) is 35.1 Å². The summed E-state index contributed by atoms with van der Waals surface area (Å²) in [5.41, 5.74) is 0. The van der Waals surface area contributed by atoms with Crippen molar-refractivity contribution < 1.29 is 35.1 Å². The minimum absolute atomic E-state index is 0.833. The van der Waals surface area contributed by atoms with Crippen LogP contribution in [0.25, 0.3) is 0 Å². The van der Waals surface area contributed by atoms with Crippen LogP contribution in [0.1, 0.15) is 6.92 Å². The van der Waals surface area contributed by atoms with Crippen LogP contribution in [0, 0.1) is 0 Å². The van der Waals surface area contributed by atoms with Gasteiger partial charge in [0.05, 0.1) is 0 Å². The minimum Gasteiger partial charge on any atom is -0.211 e. The highest BCUT2D eigenvalue weighted by molar-refractivity contribution is 4.93. The summed E-state index contributed by atoms with van der Waals surface area (Å²) in [6.07, 6.45) is -13.7. The average Bonchev–Trinajstić information content (AvgIpc) is 1.79. The van der Waals surface area contributed by atoms with Gasteiger partial charge >= 0.3 is 12.4 Å². The fraction of sp³-hybridized carbons (Fsp3) is 0.667. The van der Waals surface area contributed by atoms with Gasteiger partial charge in [0, 0.05) is 12.2 Å². The van der Waals surface area contributed by atoms with Crippen LogP contribution >= 0.6 is 0 Å². The Morgan fingerprint density at radius 1 is 0.786 bits per heavy atom. The van der Waals surface area contributed by atoms with Gasteiger partial charge in [-0.15, -0.1) is 0 Å². The van der Waals surface area contributed by atoms with E-state index in [1.54, 1.807) is 0 Å². The average molecular weight is 230 g/mol. The first-order chi connectivity index (χ1) is 5.94. The molecular formula is C6H6F8. The summed E-state index contributed by atoms with van der Waals surface area (Å²) in [4.78, 5) is 0. The number of hydrogen-bond acceptors (Lipinski definition) is 0. The predicted octanol–water partition coefficient (Wildman–Crippen LogP) is 3.94. The van der Waals surface area contributed by atoms with Crippen LogP contribution in [-0.2, 0) is 0 Å². The van der Waals surface area contributed by atoms with Gasteiger partial charge in [-0.3, -0.25) is 0 Å². The summed E-state index contributed by atoms with van der Waals surface area (Å²) in [7, 11) is 0. The molecule has 0 saturated heterocycles. The van der Waals surface area contributed by atoms with Crippen LogP contribution in [0.3, 0.4) is 0 Å². The normalized spacial score (nSPS) is 13.0. The molecule has 14 heavy (non-hydrogen) atoms. The zero-order chi connectivity index (χ0) is 12.0. The molecule has 0 aliphatic heterocycles. The van der Waals surface area contributed by atoms with E-state index in [0.29, 0.717) is 0 Å². The predicted molar refractivity (Wildman–Crippen MR) is 32.9 cm³/mol. The van der Waals surface area contributed by atoms with E-state index in [-0.39, 0.29) is 0 Å². The summed E-state index contributed by atoms with van der Waals surface area (Å²) < 4.78 is 86.7. The zero-order valence-corrected chi connectivity index (χ0v) is 6.76. The van der Waals surface area contributed by atoms with Crippen molar-refractivity contribution in [3.05, 3.63) is 12.2 Å². The molecule has 0 radical (unpaired) electrons. The lowest BCUT2D eigenvalue weighted by atomic mass is 10.5. The smallest absolute Gasteiger partial charge is 0.211 e. The van der Waals surface area contributed by atoms with E-state index < -0.39 is 30.9 Å². The van der Waals surface area contributed by atoms with Gasteiger partial charge in [-0.25, -0.2) is 8.78 Å². The van der Waals surface area contributed by atoms with Gasteiger partial charge in [0.2, 0.25) is 6.43 Å². The summed E-state index contributed by atoms with van der Waals surface area (Å²) in [5, 5.41) is 0. The fourth-order valence-corrected chi connectivity index (χ4v) is 0.189. The Kier molecular flexibility index (Phi) is 6.50. The molecule has 0 rings (SSSR count). The lowest BCUT2D eigenvalue weighted by molar-refractivity contribution is -0.0981. The number of hydrogen-bond donors (Lipinski definition) is 0. The highest BCUT2D eigenvalue weighted by Crippen LogP contribution is 2.22. The topological polar surface area (TPSA) is 0 Å². The van der Waals surface area contributed by atoms with Crippen LogP contribution in [0.15, 0.2) is 12.2 Å². The molecule has 0 heterocycles. The number of alkyl halides is 8. The molecule has 0 N–H and O–H groups in total. The third-order valence-corrected chi connectivity index (χ3v) is 0.461. The van der Waals surface area contributed by atoms with E-state index in [9.17, 15) is 35.1 Å². The summed E-state index contributed by atoms with van der Waals surface area (Å²) >= 11 is 0. The maximum atomic E-state index is 11.0. The van der Waals surface area contributed by atoms with E-state index in [1.807, 2.05) is 0 Å². The van der Waals surface area contributed by atoms with E-state index in [2.05, 4.69) is 0 Å². The molecule has 0 unspecified atom stereocenters. The van der Waals surface area contributed by atoms with E-state index in [0.717, 1.165) is 6.92 Å². The number of allylic oxidation sites excluding steroid dienone is 2. The quantitative estimate of drug-likeness (QED) is 0.436. The van der Waals surface area contributed by atoms with E-state index in [1.165, 1.54) is 0 Å². The molecular weight excluding hydrogens is 224 g/mol. The Labute approximate surface area is 74.2 Å². The van der Waals surface area contributed by atoms with Crippen molar-refractivity contribution >= 4 is 0 Å². The van der Waals surface area contributed by atoms with Crippen molar-refractivity contribution in [1.29, 1.82) is 0 Å². The second kappa shape index (κ2) is 5.82. The molecule has 0 aromatic heterocycles. The lowest BCUT2D eigenvalue weighted by Gasteiger charge is -1.99. The molecule has 0 amide bonds. The molecule has 0 nitrogen and oxygen atoms in total. The maximum Gasteiger partial charge on any atom is 0.409 e. The SMILES string of the molecule is CC(F)F.FC(F)(F)/C=C/C(F)(F)F. The number of rotatable bonds is 0. The first-order valence-electron chi connectivity index (χ1n) is 3.06. The highest BCUT2D eigenvalue weighted by atomic mass is 19.4. The summed E-state index contributed by atoms with van der Waals surface area (Å²) in [5.74, 6) is 0. The molecule has 0 aliphatic carbocycles. The molecule has 0 aromatic rings. The fourth-order valence-electron chi connectivity index (χ4n) is 0.189. The van der Waals surface area contributed by atoms with Crippen LogP contribution in [0.5, 0.6) is 0 Å². The van der Waals surface area contributed by atoms with Gasteiger partial charge in [-0.05, 0) is 6.92 Å². The van der Waals surface area contributed by atoms with Gasteiger partial charge in [0.1, 0.15) is 0 Å². The first kappa shape index (κ1) is 15.6. The van der Waals surface area contributed by atoms with Crippen LogP contribution in [-0.4, -0.2) is 18.8 Å². The van der Waals surface area contributed by atoms with Crippen molar-refractivity contribution in [3.63, 3.8) is 0 Å². The third kappa shape index (κ3) is 30.3. The largest absolute Gasteiger partial charge is 0.409 e. The molecule has 0 spiro atoms. The Morgan fingerprint density at radius 3 is 1.00 bits per heavy atom. The Morgan fingerprint density at radius 2 is 0.929 bits per heavy atom. The molecule has 0 aliphatic rings. The molecule has 0 atom stereocenters. The summed E-state index contributed by atoms with van der Waals surface area (Å²) in [6.45, 7) is 0.833. The third-order valence-electron chi connectivity index (χ3n) is 0.461. The number of halogens is 8. The lowest BCUT2D eigenvalue weighted by Crippen LogP contribution is -2.07. The Bertz CT molecular complexity index is 143. The standard InChI is InChI=1S/C4H2F6.C2H4F2/c5-3(6,7)1-2-4(8,9)10;1-2(3)4/h1-2H;2H,1H3/b2-1+;. The van der Waals surface area contributed by atoms with Gasteiger partial charge in [-0.2, -0.15) is 26.3 Å². The second-order valence-corrected chi connectivity index (χ2v) is 1.94. The molecule has 0 bridgehead atoms. The van der Waals surface area contributed by atoms with Crippen molar-refractivity contribution in [1.82, 2.24) is 0 Å². The highest BCUT2D eigenvalue weighted by Gasteiger charge is 2.29. The Balaban J connectivity index is 0. The van der Waals surface area contributed by atoms with Gasteiger partial charge in [0.25, 0.3) is 0 Å². The van der Waals surface area contributed by atoms with Crippen molar-refractivity contribution in [2.45, 2.75) is 25.7 Å². The van der Waals surface area contributed by atoms with Crippen LogP contribution < -0.4 is 0 Å². The Hall–Kier alpha value is -0.820. The first-order valence-corrected chi connectivity index (χ1v) is 3.06. The molecule has 0 saturated carbocycles. The zero-order valence-electron chi connectivity index (χ0n) is 6.76. The second-order valence-electron chi connectivity index (χ2n) is 1.94. The van der Waals surface area contributed by atoms with Gasteiger partial charge in [0.15, 0.2) is 0 Å². The van der Waals surface area contributed by atoms with Gasteiger partial charge < -0.3 is 0 Å². The van der Waals surface area contributed by atoms with Crippen molar-refractivity contribution in [2.75, 3.05) is 0 Å². The van der Waals surface area contributed by atoms with E-state index >= 15 is 0 Å². The summed E-state index contributed by atoms with van der Waals surface area (Å²) in [6, 6.07) is 0.